The first-order chi connectivity index (χ1) is 16.5. The van der Waals surface area contributed by atoms with Gasteiger partial charge in [0, 0.05) is 27.1 Å². The Morgan fingerprint density at radius 2 is 1.50 bits per heavy atom. The number of benzene rings is 3. The molecule has 0 saturated carbocycles. The van der Waals surface area contributed by atoms with Gasteiger partial charge in [0.25, 0.3) is 0 Å². The maximum atomic E-state index is 13.5. The van der Waals surface area contributed by atoms with Crippen molar-refractivity contribution < 1.29 is 14.0 Å². The molecule has 0 radical (unpaired) electrons. The number of anilines is 2. The van der Waals surface area contributed by atoms with E-state index in [0.29, 0.717) is 33.8 Å². The molecule has 0 amide bonds. The molecule has 0 spiro atoms. The topological polar surface area (TPSA) is 72.0 Å². The van der Waals surface area contributed by atoms with Crippen LogP contribution < -0.4 is 5.32 Å². The minimum Gasteiger partial charge on any atom is -0.339 e. The Balaban J connectivity index is 1.52. The zero-order chi connectivity index (χ0) is 23.4. The van der Waals surface area contributed by atoms with Crippen molar-refractivity contribution >= 4 is 44.6 Å². The van der Waals surface area contributed by atoms with Crippen molar-refractivity contribution in [2.75, 3.05) is 5.32 Å². The first-order valence-corrected chi connectivity index (χ1v) is 11.4. The molecule has 0 unspecified atom stereocenters. The van der Waals surface area contributed by atoms with Gasteiger partial charge in [-0.05, 0) is 30.7 Å². The second-order valence-electron chi connectivity index (χ2n) is 8.00. The Kier molecular flexibility index (Phi) is 4.60. The standard InChI is InChI=1S/C27H16FN3O2S/c1-14-21(15-9-11-16(28)12-10-15)23-26(29-13-30-27(23)34-14)31-20-8-4-7-19-22(20)25(33)18-6-3-2-5-17(18)24(19)32/h2-13H,1H3,(H,29,30,31). The van der Waals surface area contributed by atoms with Gasteiger partial charge in [-0.25, -0.2) is 14.4 Å². The largest absolute Gasteiger partial charge is 0.339 e. The molecular formula is C27H16FN3O2S. The van der Waals surface area contributed by atoms with Crippen LogP contribution in [-0.4, -0.2) is 21.5 Å². The molecule has 0 fully saturated rings. The lowest BCUT2D eigenvalue weighted by molar-refractivity contribution is 0.0979. The SMILES string of the molecule is Cc1sc2ncnc(Nc3cccc4c3C(=O)c3ccccc3C4=O)c2c1-c1ccc(F)cc1. The number of hydrogen-bond donors (Lipinski definition) is 1. The third kappa shape index (κ3) is 3.05. The molecule has 0 bridgehead atoms. The Morgan fingerprint density at radius 1 is 0.794 bits per heavy atom. The van der Waals surface area contributed by atoms with Crippen molar-refractivity contribution in [3.63, 3.8) is 0 Å². The molecule has 164 valence electrons. The third-order valence-corrected chi connectivity index (χ3v) is 7.02. The van der Waals surface area contributed by atoms with Gasteiger partial charge < -0.3 is 5.32 Å². The maximum Gasteiger partial charge on any atom is 0.196 e. The summed E-state index contributed by atoms with van der Waals surface area (Å²) in [6.07, 6.45) is 1.46. The van der Waals surface area contributed by atoms with E-state index >= 15 is 0 Å². The summed E-state index contributed by atoms with van der Waals surface area (Å²) in [6.45, 7) is 1.98. The van der Waals surface area contributed by atoms with Crippen LogP contribution in [0.25, 0.3) is 21.3 Å². The molecule has 0 saturated heterocycles. The molecule has 2 heterocycles. The predicted octanol–water partition coefficient (Wildman–Crippen LogP) is 6.32. The highest BCUT2D eigenvalue weighted by Crippen LogP contribution is 2.42. The van der Waals surface area contributed by atoms with Gasteiger partial charge in [0.2, 0.25) is 0 Å². The van der Waals surface area contributed by atoms with E-state index in [1.54, 1.807) is 54.6 Å². The van der Waals surface area contributed by atoms with Gasteiger partial charge >= 0.3 is 0 Å². The Bertz CT molecular complexity index is 1640. The van der Waals surface area contributed by atoms with E-state index in [0.717, 1.165) is 26.2 Å². The zero-order valence-electron chi connectivity index (χ0n) is 17.9. The van der Waals surface area contributed by atoms with Gasteiger partial charge in [0.1, 0.15) is 22.8 Å². The zero-order valence-corrected chi connectivity index (χ0v) is 18.7. The lowest BCUT2D eigenvalue weighted by atomic mass is 9.83. The number of halogens is 1. The smallest absolute Gasteiger partial charge is 0.196 e. The van der Waals surface area contributed by atoms with Gasteiger partial charge in [0.05, 0.1) is 16.6 Å². The van der Waals surface area contributed by atoms with Crippen LogP contribution in [-0.2, 0) is 0 Å². The number of carbonyl (C=O) groups is 2. The van der Waals surface area contributed by atoms with Gasteiger partial charge in [-0.15, -0.1) is 11.3 Å². The number of thiophene rings is 1. The lowest BCUT2D eigenvalue weighted by Gasteiger charge is -2.20. The van der Waals surface area contributed by atoms with E-state index < -0.39 is 0 Å². The second-order valence-corrected chi connectivity index (χ2v) is 9.20. The summed E-state index contributed by atoms with van der Waals surface area (Å²) < 4.78 is 13.5. The van der Waals surface area contributed by atoms with Crippen LogP contribution in [0, 0.1) is 12.7 Å². The molecule has 0 atom stereocenters. The lowest BCUT2D eigenvalue weighted by Crippen LogP contribution is -2.22. The number of aryl methyl sites for hydroxylation is 1. The van der Waals surface area contributed by atoms with Crippen LogP contribution in [0.15, 0.2) is 73.1 Å². The summed E-state index contributed by atoms with van der Waals surface area (Å²) in [5.41, 5.74) is 3.74. The molecule has 5 nitrogen and oxygen atoms in total. The van der Waals surface area contributed by atoms with Crippen molar-refractivity contribution in [2.24, 2.45) is 0 Å². The fourth-order valence-electron chi connectivity index (χ4n) is 4.48. The molecule has 2 aromatic heterocycles. The molecule has 34 heavy (non-hydrogen) atoms. The highest BCUT2D eigenvalue weighted by molar-refractivity contribution is 7.19. The summed E-state index contributed by atoms with van der Waals surface area (Å²) in [6, 6.07) is 18.3. The first kappa shape index (κ1) is 20.4. The molecule has 0 aliphatic heterocycles. The highest BCUT2D eigenvalue weighted by Gasteiger charge is 2.31. The van der Waals surface area contributed by atoms with Crippen LogP contribution in [0.1, 0.15) is 36.7 Å². The van der Waals surface area contributed by atoms with E-state index in [4.69, 9.17) is 0 Å². The van der Waals surface area contributed by atoms with Gasteiger partial charge in [-0.1, -0.05) is 48.5 Å². The number of fused-ring (bicyclic) bond motifs is 3. The minimum atomic E-state index is -0.310. The Hall–Kier alpha value is -4.23. The van der Waals surface area contributed by atoms with E-state index in [9.17, 15) is 14.0 Å². The second kappa shape index (κ2) is 7.67. The predicted molar refractivity (Wildman–Crippen MR) is 131 cm³/mol. The van der Waals surface area contributed by atoms with E-state index in [1.165, 1.54) is 29.8 Å². The summed E-state index contributed by atoms with van der Waals surface area (Å²) >= 11 is 1.52. The van der Waals surface area contributed by atoms with E-state index in [1.807, 2.05) is 6.92 Å². The van der Waals surface area contributed by atoms with Crippen molar-refractivity contribution in [3.05, 3.63) is 106 Å². The molecular weight excluding hydrogens is 449 g/mol. The van der Waals surface area contributed by atoms with E-state index in [2.05, 4.69) is 15.3 Å². The summed E-state index contributed by atoms with van der Waals surface area (Å²) in [7, 11) is 0. The molecule has 6 rings (SSSR count). The monoisotopic (exact) mass is 465 g/mol. The Labute approximate surface area is 197 Å². The molecule has 1 N–H and O–H groups in total. The number of rotatable bonds is 3. The number of carbonyl (C=O) groups excluding carboxylic acids is 2. The average Bonchev–Trinajstić information content (AvgIpc) is 3.20. The summed E-state index contributed by atoms with van der Waals surface area (Å²) in [5.74, 6) is -0.185. The van der Waals surface area contributed by atoms with Crippen LogP contribution in [0.2, 0.25) is 0 Å². The normalized spacial score (nSPS) is 12.5. The number of ketones is 2. The third-order valence-electron chi connectivity index (χ3n) is 6.00. The fourth-order valence-corrected chi connectivity index (χ4v) is 5.49. The number of nitrogens with zero attached hydrogens (tertiary/aromatic N) is 2. The van der Waals surface area contributed by atoms with Crippen LogP contribution >= 0.6 is 11.3 Å². The minimum absolute atomic E-state index is 0.180. The average molecular weight is 466 g/mol. The van der Waals surface area contributed by atoms with Crippen molar-refractivity contribution in [2.45, 2.75) is 6.92 Å². The Morgan fingerprint density at radius 3 is 2.26 bits per heavy atom. The first-order valence-electron chi connectivity index (χ1n) is 10.6. The van der Waals surface area contributed by atoms with E-state index in [-0.39, 0.29) is 17.4 Å². The van der Waals surface area contributed by atoms with Gasteiger partial charge in [-0.2, -0.15) is 0 Å². The summed E-state index contributed by atoms with van der Waals surface area (Å²) in [4.78, 5) is 37.2. The molecule has 7 heteroatoms. The maximum absolute atomic E-state index is 13.5. The van der Waals surface area contributed by atoms with Crippen molar-refractivity contribution in [3.8, 4) is 11.1 Å². The number of nitrogens with one attached hydrogen (secondary N) is 1. The molecule has 1 aliphatic carbocycles. The molecule has 1 aliphatic rings. The number of hydrogen-bond acceptors (Lipinski definition) is 6. The van der Waals surface area contributed by atoms with Crippen LogP contribution in [0.3, 0.4) is 0 Å². The molecule has 3 aromatic carbocycles. The fraction of sp³-hybridized carbons (Fsp3) is 0.0370. The van der Waals surface area contributed by atoms with Crippen molar-refractivity contribution in [1.29, 1.82) is 0 Å². The molecule has 5 aromatic rings. The summed E-state index contributed by atoms with van der Waals surface area (Å²) in [5, 5.41) is 4.08. The van der Waals surface area contributed by atoms with Crippen LogP contribution in [0.5, 0.6) is 0 Å². The van der Waals surface area contributed by atoms with Crippen molar-refractivity contribution in [1.82, 2.24) is 9.97 Å². The highest BCUT2D eigenvalue weighted by atomic mass is 32.1. The van der Waals surface area contributed by atoms with Crippen LogP contribution in [0.4, 0.5) is 15.9 Å². The number of aromatic nitrogens is 2. The van der Waals surface area contributed by atoms with Gasteiger partial charge in [-0.3, -0.25) is 9.59 Å². The van der Waals surface area contributed by atoms with Gasteiger partial charge in [0.15, 0.2) is 11.6 Å². The quantitative estimate of drug-likeness (QED) is 0.331.